The van der Waals surface area contributed by atoms with Crippen molar-refractivity contribution in [3.63, 3.8) is 0 Å². The van der Waals surface area contributed by atoms with Crippen LogP contribution in [0.1, 0.15) is 5.56 Å². The molecule has 86 valence electrons. The van der Waals surface area contributed by atoms with Crippen LogP contribution in [0, 0.1) is 10.1 Å². The number of hydrogen-bond acceptors (Lipinski definition) is 5. The fourth-order valence-electron chi connectivity index (χ4n) is 1.69. The first-order valence-electron chi connectivity index (χ1n) is 4.70. The monoisotopic (exact) mass is 242 g/mol. The fraction of sp³-hybridized carbons (Fsp3) is 0.333. The number of nitrogens with one attached hydrogen (secondary N) is 1. The lowest BCUT2D eigenvalue weighted by molar-refractivity contribution is -0.458. The van der Waals surface area contributed by atoms with E-state index in [2.05, 4.69) is 5.32 Å². The van der Waals surface area contributed by atoms with Crippen LogP contribution in [-0.2, 0) is 16.3 Å². The zero-order valence-corrected chi connectivity index (χ0v) is 9.16. The Morgan fingerprint density at radius 3 is 2.88 bits per heavy atom. The molecule has 0 unspecified atom stereocenters. The van der Waals surface area contributed by atoms with E-state index in [-0.39, 0.29) is 4.90 Å². The molecule has 16 heavy (non-hydrogen) atoms. The molecule has 0 fully saturated rings. The fourth-order valence-corrected chi connectivity index (χ4v) is 2.71. The van der Waals surface area contributed by atoms with Crippen LogP contribution in [0.3, 0.4) is 0 Å². The van der Waals surface area contributed by atoms with Gasteiger partial charge in [-0.2, -0.15) is 0 Å². The molecule has 1 aromatic carbocycles. The Bertz CT molecular complexity index is 538. The molecule has 1 N–H and O–H groups in total. The standard InChI is InChI=1S/C9H10N2O4S/c12-11(13)6-16(14,15)8-1-2-9-7(5-8)3-4-10-9/h1-2,5,10H,3-4,6H2. The van der Waals surface area contributed by atoms with Crippen molar-refractivity contribution >= 4 is 15.5 Å². The molecule has 0 bridgehead atoms. The van der Waals surface area contributed by atoms with Gasteiger partial charge in [0.15, 0.2) is 0 Å². The molecule has 1 aromatic rings. The average molecular weight is 242 g/mol. The summed E-state index contributed by atoms with van der Waals surface area (Å²) in [6.45, 7) is 0.772. The number of benzene rings is 1. The summed E-state index contributed by atoms with van der Waals surface area (Å²) in [6, 6.07) is 4.55. The van der Waals surface area contributed by atoms with Gasteiger partial charge in [-0.1, -0.05) is 0 Å². The molecular formula is C9H10N2O4S. The third-order valence-electron chi connectivity index (χ3n) is 2.42. The van der Waals surface area contributed by atoms with Gasteiger partial charge in [0.25, 0.3) is 0 Å². The highest BCUT2D eigenvalue weighted by atomic mass is 32.2. The van der Waals surface area contributed by atoms with Crippen LogP contribution in [0.15, 0.2) is 23.1 Å². The highest BCUT2D eigenvalue weighted by molar-refractivity contribution is 7.91. The van der Waals surface area contributed by atoms with E-state index in [1.807, 2.05) is 0 Å². The molecule has 1 aliphatic rings. The molecular weight excluding hydrogens is 232 g/mol. The van der Waals surface area contributed by atoms with Gasteiger partial charge in [0.2, 0.25) is 9.84 Å². The molecule has 0 saturated heterocycles. The predicted molar refractivity (Wildman–Crippen MR) is 57.7 cm³/mol. The van der Waals surface area contributed by atoms with Gasteiger partial charge >= 0.3 is 5.88 Å². The Morgan fingerprint density at radius 2 is 2.19 bits per heavy atom. The number of rotatable bonds is 3. The van der Waals surface area contributed by atoms with Crippen LogP contribution in [0.25, 0.3) is 0 Å². The minimum Gasteiger partial charge on any atom is -0.384 e. The Balaban J connectivity index is 2.38. The largest absolute Gasteiger partial charge is 0.384 e. The second-order valence-corrected chi connectivity index (χ2v) is 5.53. The lowest BCUT2D eigenvalue weighted by Gasteiger charge is -2.03. The van der Waals surface area contributed by atoms with E-state index in [0.29, 0.717) is 0 Å². The van der Waals surface area contributed by atoms with E-state index in [0.717, 1.165) is 24.2 Å². The normalized spacial score (nSPS) is 14.2. The van der Waals surface area contributed by atoms with Crippen molar-refractivity contribution in [2.45, 2.75) is 11.3 Å². The predicted octanol–water partition coefficient (Wildman–Crippen LogP) is 0.662. The van der Waals surface area contributed by atoms with Crippen molar-refractivity contribution in [1.29, 1.82) is 0 Å². The Labute approximate surface area is 92.3 Å². The van der Waals surface area contributed by atoms with Crippen LogP contribution in [-0.4, -0.2) is 25.8 Å². The molecule has 0 spiro atoms. The molecule has 6 nitrogen and oxygen atoms in total. The molecule has 7 heteroatoms. The summed E-state index contributed by atoms with van der Waals surface area (Å²) in [5.74, 6) is -1.06. The quantitative estimate of drug-likeness (QED) is 0.621. The highest BCUT2D eigenvalue weighted by Gasteiger charge is 2.23. The number of fused-ring (bicyclic) bond motifs is 1. The number of sulfone groups is 1. The first-order chi connectivity index (χ1) is 7.49. The van der Waals surface area contributed by atoms with Crippen molar-refractivity contribution in [3.05, 3.63) is 33.9 Å². The smallest absolute Gasteiger partial charge is 0.305 e. The summed E-state index contributed by atoms with van der Waals surface area (Å²) in [5.41, 5.74) is 1.80. The number of anilines is 1. The van der Waals surface area contributed by atoms with Crippen LogP contribution in [0.2, 0.25) is 0 Å². The first kappa shape index (κ1) is 10.9. The molecule has 0 aromatic heterocycles. The second-order valence-electron chi connectivity index (χ2n) is 3.57. The van der Waals surface area contributed by atoms with Gasteiger partial charge in [0.1, 0.15) is 0 Å². The van der Waals surface area contributed by atoms with E-state index < -0.39 is 20.6 Å². The Kier molecular flexibility index (Phi) is 2.55. The third kappa shape index (κ3) is 1.99. The summed E-state index contributed by atoms with van der Waals surface area (Å²) in [6.07, 6.45) is 0.747. The van der Waals surface area contributed by atoms with Crippen LogP contribution >= 0.6 is 0 Å². The topological polar surface area (TPSA) is 89.3 Å². The lowest BCUT2D eigenvalue weighted by atomic mass is 10.2. The van der Waals surface area contributed by atoms with E-state index in [1.54, 1.807) is 6.07 Å². The summed E-state index contributed by atoms with van der Waals surface area (Å²) in [7, 11) is -3.81. The zero-order valence-electron chi connectivity index (χ0n) is 8.34. The SMILES string of the molecule is O=[N+]([O-])CS(=O)(=O)c1ccc2c(c1)CCN2. The minimum atomic E-state index is -3.81. The minimum absolute atomic E-state index is 0.0200. The maximum Gasteiger partial charge on any atom is 0.305 e. The maximum atomic E-state index is 11.6. The first-order valence-corrected chi connectivity index (χ1v) is 6.35. The average Bonchev–Trinajstić information content (AvgIpc) is 2.61. The summed E-state index contributed by atoms with van der Waals surface area (Å²) in [4.78, 5) is 9.42. The van der Waals surface area contributed by atoms with E-state index in [4.69, 9.17) is 0 Å². The molecule has 0 saturated carbocycles. The van der Waals surface area contributed by atoms with Crippen molar-refractivity contribution in [2.75, 3.05) is 17.7 Å². The maximum absolute atomic E-state index is 11.6. The van der Waals surface area contributed by atoms with Gasteiger partial charge in [0, 0.05) is 17.2 Å². The van der Waals surface area contributed by atoms with E-state index in [9.17, 15) is 18.5 Å². The Morgan fingerprint density at radius 1 is 1.44 bits per heavy atom. The molecule has 1 heterocycles. The van der Waals surface area contributed by atoms with Gasteiger partial charge in [-0.05, 0) is 30.2 Å². The third-order valence-corrected chi connectivity index (χ3v) is 3.94. The molecule has 0 radical (unpaired) electrons. The molecule has 2 rings (SSSR count). The van der Waals surface area contributed by atoms with Crippen molar-refractivity contribution in [2.24, 2.45) is 0 Å². The van der Waals surface area contributed by atoms with Gasteiger partial charge in [-0.3, -0.25) is 10.1 Å². The van der Waals surface area contributed by atoms with Crippen LogP contribution in [0.4, 0.5) is 5.69 Å². The summed E-state index contributed by atoms with van der Waals surface area (Å²) >= 11 is 0. The summed E-state index contributed by atoms with van der Waals surface area (Å²) in [5, 5.41) is 13.3. The highest BCUT2D eigenvalue weighted by Crippen LogP contribution is 2.25. The Hall–Kier alpha value is -1.63. The van der Waals surface area contributed by atoms with E-state index in [1.165, 1.54) is 12.1 Å². The van der Waals surface area contributed by atoms with Crippen molar-refractivity contribution in [1.82, 2.24) is 0 Å². The summed E-state index contributed by atoms with van der Waals surface area (Å²) < 4.78 is 23.2. The van der Waals surface area contributed by atoms with E-state index >= 15 is 0 Å². The van der Waals surface area contributed by atoms with Gasteiger partial charge in [-0.15, -0.1) is 0 Å². The van der Waals surface area contributed by atoms with Gasteiger partial charge < -0.3 is 5.32 Å². The van der Waals surface area contributed by atoms with Gasteiger partial charge in [-0.25, -0.2) is 8.42 Å². The molecule has 0 amide bonds. The number of nitrogens with zero attached hydrogens (tertiary/aromatic N) is 1. The van der Waals surface area contributed by atoms with Crippen molar-refractivity contribution < 1.29 is 13.3 Å². The van der Waals surface area contributed by atoms with Crippen LogP contribution < -0.4 is 5.32 Å². The molecule has 1 aliphatic heterocycles. The van der Waals surface area contributed by atoms with Gasteiger partial charge in [0.05, 0.1) is 4.90 Å². The number of nitro groups is 1. The van der Waals surface area contributed by atoms with Crippen molar-refractivity contribution in [3.8, 4) is 0 Å². The lowest BCUT2D eigenvalue weighted by Crippen LogP contribution is -2.14. The second kappa shape index (κ2) is 3.75. The molecule has 0 aliphatic carbocycles. The number of hydrogen-bond donors (Lipinski definition) is 1. The molecule has 0 atom stereocenters. The van der Waals surface area contributed by atoms with Crippen LogP contribution in [0.5, 0.6) is 0 Å². The zero-order chi connectivity index (χ0) is 11.8.